The molecule has 0 aliphatic carbocycles. The number of aromatic hydroxyl groups is 1. The lowest BCUT2D eigenvalue weighted by Crippen LogP contribution is -2.30. The van der Waals surface area contributed by atoms with E-state index in [1.165, 1.54) is 6.07 Å². The van der Waals surface area contributed by atoms with E-state index in [-0.39, 0.29) is 18.0 Å². The summed E-state index contributed by atoms with van der Waals surface area (Å²) in [6.07, 6.45) is 0.541. The van der Waals surface area contributed by atoms with E-state index in [0.717, 1.165) is 20.6 Å². The van der Waals surface area contributed by atoms with Crippen LogP contribution in [-0.2, 0) is 15.0 Å². The van der Waals surface area contributed by atoms with Gasteiger partial charge in [0.25, 0.3) is 0 Å². The molecule has 3 rings (SSSR count). The largest absolute Gasteiger partial charge is 0.506 e. The molecule has 1 aliphatic heterocycles. The van der Waals surface area contributed by atoms with Crippen LogP contribution in [0, 0.1) is 6.92 Å². The molecule has 1 saturated heterocycles. The Bertz CT molecular complexity index is 832. The molecule has 0 bridgehead atoms. The smallest absolute Gasteiger partial charge is 0.302 e. The SMILES string of the molecule is Cc1ccc2cc(O)c(N3CC(C=O)NS3(=O)=O)cc2c1. The van der Waals surface area contributed by atoms with Gasteiger partial charge in [0.1, 0.15) is 12.0 Å². The molecule has 1 fully saturated rings. The zero-order valence-corrected chi connectivity index (χ0v) is 12.1. The first-order valence-corrected chi connectivity index (χ1v) is 7.83. The first kappa shape index (κ1) is 13.8. The Morgan fingerprint density at radius 3 is 2.71 bits per heavy atom. The second-order valence-corrected chi connectivity index (χ2v) is 6.71. The number of aldehydes is 1. The second-order valence-electron chi connectivity index (χ2n) is 5.09. The molecule has 6 nitrogen and oxygen atoms in total. The van der Waals surface area contributed by atoms with Gasteiger partial charge in [0.05, 0.1) is 18.3 Å². The Kier molecular flexibility index (Phi) is 3.11. The fraction of sp³-hybridized carbons (Fsp3) is 0.214. The summed E-state index contributed by atoms with van der Waals surface area (Å²) in [5.74, 6) is -0.136. The van der Waals surface area contributed by atoms with Crippen molar-refractivity contribution in [1.82, 2.24) is 4.72 Å². The summed E-state index contributed by atoms with van der Waals surface area (Å²) >= 11 is 0. The van der Waals surface area contributed by atoms with Gasteiger partial charge in [0.15, 0.2) is 0 Å². The predicted molar refractivity (Wildman–Crippen MR) is 79.6 cm³/mol. The van der Waals surface area contributed by atoms with Crippen LogP contribution in [0.3, 0.4) is 0 Å². The third-order valence-electron chi connectivity index (χ3n) is 3.48. The molecular formula is C14H14N2O4S. The summed E-state index contributed by atoms with van der Waals surface area (Å²) in [5, 5.41) is 11.8. The summed E-state index contributed by atoms with van der Waals surface area (Å²) < 4.78 is 27.3. The zero-order chi connectivity index (χ0) is 15.2. The lowest BCUT2D eigenvalue weighted by atomic mass is 10.1. The topological polar surface area (TPSA) is 86.7 Å². The van der Waals surface area contributed by atoms with E-state index in [0.29, 0.717) is 6.29 Å². The first-order valence-electron chi connectivity index (χ1n) is 6.39. The number of nitrogens with one attached hydrogen (secondary N) is 1. The highest BCUT2D eigenvalue weighted by Crippen LogP contribution is 2.35. The van der Waals surface area contributed by atoms with Gasteiger partial charge in [0.2, 0.25) is 0 Å². The van der Waals surface area contributed by atoms with Gasteiger partial charge in [-0.1, -0.05) is 23.8 Å². The number of hydrogen-bond acceptors (Lipinski definition) is 4. The maximum Gasteiger partial charge on any atom is 0.302 e. The second kappa shape index (κ2) is 4.71. The number of hydrogen-bond donors (Lipinski definition) is 2. The van der Waals surface area contributed by atoms with Crippen LogP contribution in [0.25, 0.3) is 10.8 Å². The van der Waals surface area contributed by atoms with Crippen LogP contribution < -0.4 is 9.03 Å². The van der Waals surface area contributed by atoms with Crippen LogP contribution in [0.1, 0.15) is 5.56 Å². The average molecular weight is 306 g/mol. The molecule has 21 heavy (non-hydrogen) atoms. The summed E-state index contributed by atoms with van der Waals surface area (Å²) in [4.78, 5) is 10.8. The predicted octanol–water partition coefficient (Wildman–Crippen LogP) is 1.08. The average Bonchev–Trinajstić information content (AvgIpc) is 2.73. The number of phenolic OH excluding ortho intramolecular Hbond substituents is 1. The molecule has 1 heterocycles. The number of anilines is 1. The van der Waals surface area contributed by atoms with Gasteiger partial charge in [-0.15, -0.1) is 0 Å². The number of aryl methyl sites for hydroxylation is 1. The molecule has 0 spiro atoms. The van der Waals surface area contributed by atoms with Crippen LogP contribution in [0.4, 0.5) is 5.69 Å². The fourth-order valence-corrected chi connectivity index (χ4v) is 3.86. The maximum atomic E-state index is 12.0. The summed E-state index contributed by atoms with van der Waals surface area (Å²) in [5.41, 5.74) is 1.21. The highest BCUT2D eigenvalue weighted by Gasteiger charge is 2.36. The lowest BCUT2D eigenvalue weighted by Gasteiger charge is -2.18. The maximum absolute atomic E-state index is 12.0. The molecule has 2 aromatic carbocycles. The number of nitrogens with zero attached hydrogens (tertiary/aromatic N) is 1. The number of fused-ring (bicyclic) bond motifs is 1. The minimum atomic E-state index is -3.81. The van der Waals surface area contributed by atoms with Gasteiger partial charge in [-0.05, 0) is 29.8 Å². The van der Waals surface area contributed by atoms with E-state index in [2.05, 4.69) is 4.72 Å². The van der Waals surface area contributed by atoms with Crippen molar-refractivity contribution < 1.29 is 18.3 Å². The van der Waals surface area contributed by atoms with Crippen LogP contribution in [0.15, 0.2) is 30.3 Å². The van der Waals surface area contributed by atoms with E-state index in [4.69, 9.17) is 0 Å². The van der Waals surface area contributed by atoms with Crippen molar-refractivity contribution in [3.63, 3.8) is 0 Å². The van der Waals surface area contributed by atoms with Crippen LogP contribution >= 0.6 is 0 Å². The third kappa shape index (κ3) is 2.34. The van der Waals surface area contributed by atoms with E-state index < -0.39 is 16.3 Å². The van der Waals surface area contributed by atoms with Crippen molar-refractivity contribution in [1.29, 1.82) is 0 Å². The highest BCUT2D eigenvalue weighted by molar-refractivity contribution is 7.91. The van der Waals surface area contributed by atoms with E-state index >= 15 is 0 Å². The Hall–Kier alpha value is -2.12. The number of carbonyl (C=O) groups excluding carboxylic acids is 1. The van der Waals surface area contributed by atoms with Crippen molar-refractivity contribution in [3.8, 4) is 5.75 Å². The van der Waals surface area contributed by atoms with E-state index in [1.807, 2.05) is 25.1 Å². The molecule has 2 aromatic rings. The summed E-state index contributed by atoms with van der Waals surface area (Å²) in [7, 11) is -3.81. The molecular weight excluding hydrogens is 292 g/mol. The number of carbonyl (C=O) groups is 1. The van der Waals surface area contributed by atoms with E-state index in [1.54, 1.807) is 6.07 Å². The molecule has 1 unspecified atom stereocenters. The van der Waals surface area contributed by atoms with Gasteiger partial charge in [-0.3, -0.25) is 4.31 Å². The molecule has 1 atom stereocenters. The summed E-state index contributed by atoms with van der Waals surface area (Å²) in [6, 6.07) is 8.02. The standard InChI is InChI=1S/C14H14N2O4S/c1-9-2-3-10-6-14(18)13(5-11(10)4-9)16-7-12(8-17)15-21(16,19)20/h2-6,8,12,15,18H,7H2,1H3. The van der Waals surface area contributed by atoms with Gasteiger partial charge >= 0.3 is 10.2 Å². The zero-order valence-electron chi connectivity index (χ0n) is 11.3. The minimum absolute atomic E-state index is 0.0310. The number of rotatable bonds is 2. The van der Waals surface area contributed by atoms with Gasteiger partial charge in [-0.2, -0.15) is 13.1 Å². The van der Waals surface area contributed by atoms with Crippen LogP contribution in [0.2, 0.25) is 0 Å². The number of phenols is 1. The molecule has 0 amide bonds. The summed E-state index contributed by atoms with van der Waals surface area (Å²) in [6.45, 7) is 1.90. The molecule has 110 valence electrons. The van der Waals surface area contributed by atoms with Crippen molar-refractivity contribution in [2.45, 2.75) is 13.0 Å². The van der Waals surface area contributed by atoms with Crippen LogP contribution in [-0.4, -0.2) is 32.4 Å². The molecule has 2 N–H and O–H groups in total. The van der Waals surface area contributed by atoms with Gasteiger partial charge in [0, 0.05) is 0 Å². The van der Waals surface area contributed by atoms with Crippen LogP contribution in [0.5, 0.6) is 5.75 Å². The Balaban J connectivity index is 2.16. The van der Waals surface area contributed by atoms with Gasteiger partial charge in [-0.25, -0.2) is 0 Å². The highest BCUT2D eigenvalue weighted by atomic mass is 32.2. The van der Waals surface area contributed by atoms with Gasteiger partial charge < -0.3 is 9.90 Å². The van der Waals surface area contributed by atoms with Crippen molar-refractivity contribution in [2.75, 3.05) is 10.8 Å². The van der Waals surface area contributed by atoms with E-state index in [9.17, 15) is 18.3 Å². The molecule has 0 saturated carbocycles. The Labute approximate surface area is 122 Å². The third-order valence-corrected chi connectivity index (χ3v) is 5.00. The molecule has 0 radical (unpaired) electrons. The lowest BCUT2D eigenvalue weighted by molar-refractivity contribution is -0.108. The normalized spacial score (nSPS) is 20.8. The van der Waals surface area contributed by atoms with Crippen molar-refractivity contribution in [3.05, 3.63) is 35.9 Å². The minimum Gasteiger partial charge on any atom is -0.506 e. The first-order chi connectivity index (χ1) is 9.90. The Morgan fingerprint density at radius 1 is 1.29 bits per heavy atom. The quantitative estimate of drug-likeness (QED) is 0.813. The van der Waals surface area contributed by atoms with Crippen molar-refractivity contribution in [2.24, 2.45) is 0 Å². The molecule has 1 aliphatic rings. The fourth-order valence-electron chi connectivity index (χ4n) is 2.46. The Morgan fingerprint density at radius 2 is 2.05 bits per heavy atom. The van der Waals surface area contributed by atoms with Crippen molar-refractivity contribution >= 4 is 33.0 Å². The molecule has 0 aromatic heterocycles. The number of benzene rings is 2. The monoisotopic (exact) mass is 306 g/mol. The molecule has 7 heteroatoms.